The molecule has 0 spiro atoms. The second kappa shape index (κ2) is 8.35. The van der Waals surface area contributed by atoms with Crippen molar-refractivity contribution >= 4 is 12.2 Å². The third kappa shape index (κ3) is 4.83. The molecule has 0 saturated heterocycles. The molecule has 116 valence electrons. The maximum absolute atomic E-state index is 8.74. The molecule has 0 fully saturated rings. The molecule has 5 nitrogen and oxygen atoms in total. The van der Waals surface area contributed by atoms with Crippen LogP contribution in [0.3, 0.4) is 0 Å². The van der Waals surface area contributed by atoms with Gasteiger partial charge in [-0.3, -0.25) is 0 Å². The summed E-state index contributed by atoms with van der Waals surface area (Å²) < 4.78 is 5.70. The lowest BCUT2D eigenvalue weighted by molar-refractivity contribution is 0.482. The normalized spacial score (nSPS) is 8.64. The van der Waals surface area contributed by atoms with Crippen molar-refractivity contribution in [1.82, 2.24) is 0 Å². The van der Waals surface area contributed by atoms with Crippen LogP contribution in [0.25, 0.3) is 12.2 Å². The fraction of sp³-hybridized carbons (Fsp3) is 0. The lowest BCUT2D eigenvalue weighted by atomic mass is 10.1. The van der Waals surface area contributed by atoms with E-state index in [4.69, 9.17) is 25.8 Å². The number of nitrogens with zero attached hydrogens (tertiary/aromatic N) is 4. The summed E-state index contributed by atoms with van der Waals surface area (Å²) >= 11 is 0. The van der Waals surface area contributed by atoms with Crippen LogP contribution in [-0.4, -0.2) is 0 Å². The molecule has 0 amide bonds. The molecule has 0 aromatic heterocycles. The first kappa shape index (κ1) is 17.0. The molecule has 0 saturated carbocycles. The van der Waals surface area contributed by atoms with Gasteiger partial charge in [-0.05, 0) is 47.5 Å². The molecule has 0 heterocycles. The molecule has 0 bridgehead atoms. The quantitative estimate of drug-likeness (QED) is 0.778. The van der Waals surface area contributed by atoms with E-state index >= 15 is 0 Å². The van der Waals surface area contributed by atoms with Gasteiger partial charge in [-0.15, -0.1) is 0 Å². The second-order valence-corrected chi connectivity index (χ2v) is 4.80. The monoisotopic (exact) mass is 322 g/mol. The number of benzene rings is 2. The fourth-order valence-electron chi connectivity index (χ4n) is 1.91. The minimum atomic E-state index is 0.0337. The average Bonchev–Trinajstić information content (AvgIpc) is 2.66. The van der Waals surface area contributed by atoms with Gasteiger partial charge < -0.3 is 4.74 Å². The molecule has 2 aromatic rings. The van der Waals surface area contributed by atoms with Crippen LogP contribution in [0.1, 0.15) is 11.1 Å². The van der Waals surface area contributed by atoms with Gasteiger partial charge in [0, 0.05) is 0 Å². The van der Waals surface area contributed by atoms with Crippen molar-refractivity contribution in [1.29, 1.82) is 21.0 Å². The van der Waals surface area contributed by atoms with Crippen LogP contribution >= 0.6 is 0 Å². The Bertz CT molecular complexity index is 871. The lowest BCUT2D eigenvalue weighted by Gasteiger charge is -2.06. The topological polar surface area (TPSA) is 104 Å². The van der Waals surface area contributed by atoms with Crippen molar-refractivity contribution in [3.63, 3.8) is 0 Å². The smallest absolute Gasteiger partial charge is 0.130 e. The molecule has 0 N–H and O–H groups in total. The molecule has 0 radical (unpaired) electrons. The lowest BCUT2D eigenvalue weighted by Crippen LogP contribution is -1.85. The summed E-state index contributed by atoms with van der Waals surface area (Å²) in [5.74, 6) is 1.20. The molecule has 5 heteroatoms. The summed E-state index contributed by atoms with van der Waals surface area (Å²) in [5, 5.41) is 35.0. The van der Waals surface area contributed by atoms with E-state index in [1.807, 2.05) is 0 Å². The Morgan fingerprint density at radius 1 is 0.600 bits per heavy atom. The summed E-state index contributed by atoms with van der Waals surface area (Å²) in [6, 6.07) is 21.1. The standard InChI is InChI=1S/C20H10N4O/c21-11-17(12-22)9-15-1-5-19(6-2-15)25-20-7-3-16(4-8-20)10-18(13-23)14-24/h1-10H. The third-order valence-corrected chi connectivity index (χ3v) is 3.10. The molecule has 25 heavy (non-hydrogen) atoms. The predicted octanol–water partition coefficient (Wildman–Crippen LogP) is 4.34. The van der Waals surface area contributed by atoms with Gasteiger partial charge in [0.25, 0.3) is 0 Å². The van der Waals surface area contributed by atoms with E-state index in [9.17, 15) is 0 Å². The minimum absolute atomic E-state index is 0.0337. The first-order valence-corrected chi connectivity index (χ1v) is 7.10. The summed E-state index contributed by atoms with van der Waals surface area (Å²) in [4.78, 5) is 0. The molecule has 0 aliphatic rings. The van der Waals surface area contributed by atoms with Crippen LogP contribution in [0.4, 0.5) is 0 Å². The van der Waals surface area contributed by atoms with Crippen molar-refractivity contribution < 1.29 is 4.74 Å². The van der Waals surface area contributed by atoms with E-state index in [0.29, 0.717) is 11.5 Å². The molecule has 0 unspecified atom stereocenters. The first-order valence-electron chi connectivity index (χ1n) is 7.10. The third-order valence-electron chi connectivity index (χ3n) is 3.10. The van der Waals surface area contributed by atoms with Gasteiger partial charge in [0.2, 0.25) is 0 Å². The summed E-state index contributed by atoms with van der Waals surface area (Å²) in [6.45, 7) is 0. The van der Waals surface area contributed by atoms with Crippen molar-refractivity contribution in [2.24, 2.45) is 0 Å². The Hall–Kier alpha value is -4.32. The highest BCUT2D eigenvalue weighted by Crippen LogP contribution is 2.23. The van der Waals surface area contributed by atoms with Gasteiger partial charge in [-0.1, -0.05) is 24.3 Å². The zero-order valence-corrected chi connectivity index (χ0v) is 13.0. The van der Waals surface area contributed by atoms with Crippen LogP contribution in [0.15, 0.2) is 59.7 Å². The van der Waals surface area contributed by atoms with E-state index in [0.717, 1.165) is 11.1 Å². The largest absolute Gasteiger partial charge is 0.457 e. The first-order chi connectivity index (χ1) is 12.2. The number of hydrogen-bond acceptors (Lipinski definition) is 5. The summed E-state index contributed by atoms with van der Waals surface area (Å²) in [6.07, 6.45) is 2.99. The molecule has 2 aromatic carbocycles. The number of allylic oxidation sites excluding steroid dienone is 2. The highest BCUT2D eigenvalue weighted by Gasteiger charge is 2.00. The average molecular weight is 322 g/mol. The highest BCUT2D eigenvalue weighted by atomic mass is 16.5. The van der Waals surface area contributed by atoms with E-state index in [2.05, 4.69) is 0 Å². The molecule has 0 aliphatic heterocycles. The Morgan fingerprint density at radius 2 is 0.920 bits per heavy atom. The Morgan fingerprint density at radius 3 is 1.20 bits per heavy atom. The zero-order chi connectivity index (χ0) is 18.1. The maximum atomic E-state index is 8.74. The SMILES string of the molecule is N#CC(C#N)=Cc1ccc(Oc2ccc(C=C(C#N)C#N)cc2)cc1. The van der Waals surface area contributed by atoms with Gasteiger partial charge in [0.1, 0.15) is 46.9 Å². The summed E-state index contributed by atoms with van der Waals surface area (Å²) in [7, 11) is 0. The van der Waals surface area contributed by atoms with E-state index in [1.165, 1.54) is 12.2 Å². The maximum Gasteiger partial charge on any atom is 0.130 e. The van der Waals surface area contributed by atoms with Gasteiger partial charge in [-0.2, -0.15) is 21.0 Å². The predicted molar refractivity (Wildman–Crippen MR) is 91.4 cm³/mol. The Kier molecular flexibility index (Phi) is 5.69. The Labute approximate surface area is 145 Å². The van der Waals surface area contributed by atoms with Gasteiger partial charge in [0.15, 0.2) is 0 Å². The van der Waals surface area contributed by atoms with Gasteiger partial charge >= 0.3 is 0 Å². The van der Waals surface area contributed by atoms with Gasteiger partial charge in [-0.25, -0.2) is 0 Å². The Balaban J connectivity index is 2.11. The molecular weight excluding hydrogens is 312 g/mol. The van der Waals surface area contributed by atoms with E-state index in [1.54, 1.807) is 72.8 Å². The van der Waals surface area contributed by atoms with Crippen LogP contribution in [-0.2, 0) is 0 Å². The van der Waals surface area contributed by atoms with Gasteiger partial charge in [0.05, 0.1) is 0 Å². The van der Waals surface area contributed by atoms with Crippen molar-refractivity contribution in [3.8, 4) is 35.8 Å². The van der Waals surface area contributed by atoms with Crippen molar-refractivity contribution in [3.05, 3.63) is 70.8 Å². The van der Waals surface area contributed by atoms with Crippen molar-refractivity contribution in [2.45, 2.75) is 0 Å². The van der Waals surface area contributed by atoms with Crippen LogP contribution in [0, 0.1) is 45.3 Å². The van der Waals surface area contributed by atoms with Crippen LogP contribution in [0.2, 0.25) is 0 Å². The highest BCUT2D eigenvalue weighted by molar-refractivity contribution is 5.63. The van der Waals surface area contributed by atoms with E-state index < -0.39 is 0 Å². The second-order valence-electron chi connectivity index (χ2n) is 4.80. The zero-order valence-electron chi connectivity index (χ0n) is 13.0. The number of ether oxygens (including phenoxy) is 1. The van der Waals surface area contributed by atoms with E-state index in [-0.39, 0.29) is 11.1 Å². The number of rotatable bonds is 4. The van der Waals surface area contributed by atoms with Crippen LogP contribution in [0.5, 0.6) is 11.5 Å². The fourth-order valence-corrected chi connectivity index (χ4v) is 1.91. The summed E-state index contributed by atoms with van der Waals surface area (Å²) in [5.41, 5.74) is 1.52. The number of hydrogen-bond donors (Lipinski definition) is 0. The van der Waals surface area contributed by atoms with Crippen molar-refractivity contribution in [2.75, 3.05) is 0 Å². The minimum Gasteiger partial charge on any atom is -0.457 e. The van der Waals surface area contributed by atoms with Crippen LogP contribution < -0.4 is 4.74 Å². The number of nitriles is 4. The molecule has 2 rings (SSSR count). The molecule has 0 aliphatic carbocycles. The molecule has 0 atom stereocenters. The molecular formula is C20H10N4O.